The zero-order valence-electron chi connectivity index (χ0n) is 10.2. The molecular formula is C14H13NO4. The average molecular weight is 259 g/mol. The Bertz CT molecular complexity index is 772. The Labute approximate surface area is 108 Å². The van der Waals surface area contributed by atoms with Crippen molar-refractivity contribution in [1.82, 2.24) is 0 Å². The van der Waals surface area contributed by atoms with Gasteiger partial charge < -0.3 is 19.3 Å². The fourth-order valence-electron chi connectivity index (χ4n) is 1.99. The number of furan rings is 1. The number of rotatable bonds is 4. The third kappa shape index (κ3) is 2.08. The molecule has 0 unspecified atom stereocenters. The van der Waals surface area contributed by atoms with Crippen LogP contribution in [0.25, 0.3) is 21.9 Å². The normalized spacial score (nSPS) is 11.2. The zero-order valence-corrected chi connectivity index (χ0v) is 10.2. The number of hydrogen-bond acceptors (Lipinski definition) is 5. The van der Waals surface area contributed by atoms with Gasteiger partial charge >= 0.3 is 5.63 Å². The highest BCUT2D eigenvalue weighted by molar-refractivity contribution is 5.99. The van der Waals surface area contributed by atoms with E-state index in [9.17, 15) is 4.79 Å². The minimum absolute atomic E-state index is 0.409. The van der Waals surface area contributed by atoms with Crippen LogP contribution in [-0.4, -0.2) is 13.2 Å². The molecule has 2 aromatic heterocycles. The first-order chi connectivity index (χ1) is 9.29. The van der Waals surface area contributed by atoms with Gasteiger partial charge in [0.1, 0.15) is 0 Å². The van der Waals surface area contributed by atoms with Crippen LogP contribution in [0.4, 0.5) is 0 Å². The summed E-state index contributed by atoms with van der Waals surface area (Å²) in [4.78, 5) is 11.4. The lowest BCUT2D eigenvalue weighted by Crippen LogP contribution is -2.07. The van der Waals surface area contributed by atoms with E-state index in [-0.39, 0.29) is 0 Å². The summed E-state index contributed by atoms with van der Waals surface area (Å²) >= 11 is 0. The van der Waals surface area contributed by atoms with Crippen molar-refractivity contribution in [2.75, 3.05) is 13.2 Å². The smallest absolute Gasteiger partial charge is 0.336 e. The highest BCUT2D eigenvalue weighted by Gasteiger charge is 2.14. The average Bonchev–Trinajstić information content (AvgIpc) is 2.86. The minimum Gasteiger partial charge on any atom is -0.486 e. The fourth-order valence-corrected chi connectivity index (χ4v) is 1.99. The first-order valence-electron chi connectivity index (χ1n) is 6.06. The Kier molecular flexibility index (Phi) is 2.97. The molecule has 0 aliphatic carbocycles. The third-order valence-electron chi connectivity index (χ3n) is 2.88. The van der Waals surface area contributed by atoms with Crippen molar-refractivity contribution >= 4 is 21.9 Å². The molecule has 0 atom stereocenters. The Morgan fingerprint density at radius 1 is 1.16 bits per heavy atom. The lowest BCUT2D eigenvalue weighted by atomic mass is 10.1. The molecule has 5 heteroatoms. The molecule has 0 saturated carbocycles. The highest BCUT2D eigenvalue weighted by atomic mass is 16.5. The molecule has 19 heavy (non-hydrogen) atoms. The Morgan fingerprint density at radius 2 is 2.00 bits per heavy atom. The number of benzene rings is 1. The standard InChI is InChI=1S/C14H13NO4/c15-5-1-6-17-14-12-10(4-7-18-12)8-9-2-3-11(16)19-13(9)14/h2-4,7-8H,1,5-6,15H2. The molecule has 0 aliphatic rings. The van der Waals surface area contributed by atoms with Crippen molar-refractivity contribution < 1.29 is 13.6 Å². The van der Waals surface area contributed by atoms with Crippen molar-refractivity contribution in [3.8, 4) is 5.75 Å². The summed E-state index contributed by atoms with van der Waals surface area (Å²) < 4.78 is 16.3. The molecule has 3 aromatic rings. The molecule has 0 radical (unpaired) electrons. The van der Waals surface area contributed by atoms with E-state index in [0.717, 1.165) is 17.2 Å². The molecule has 2 N–H and O–H groups in total. The maximum absolute atomic E-state index is 11.4. The van der Waals surface area contributed by atoms with Gasteiger partial charge in [-0.3, -0.25) is 0 Å². The number of ether oxygens (including phenoxy) is 1. The molecule has 0 bridgehead atoms. The molecule has 3 rings (SSSR count). The zero-order chi connectivity index (χ0) is 13.2. The van der Waals surface area contributed by atoms with Crippen molar-refractivity contribution in [2.24, 2.45) is 5.73 Å². The molecule has 0 amide bonds. The van der Waals surface area contributed by atoms with Crippen LogP contribution in [0.5, 0.6) is 5.75 Å². The van der Waals surface area contributed by atoms with Gasteiger partial charge in [0.15, 0.2) is 11.2 Å². The van der Waals surface area contributed by atoms with Gasteiger partial charge in [0.05, 0.1) is 12.9 Å². The van der Waals surface area contributed by atoms with Crippen molar-refractivity contribution in [1.29, 1.82) is 0 Å². The van der Waals surface area contributed by atoms with Gasteiger partial charge in [0.2, 0.25) is 5.75 Å². The summed E-state index contributed by atoms with van der Waals surface area (Å²) in [5, 5.41) is 1.71. The molecule has 1 aromatic carbocycles. The first-order valence-corrected chi connectivity index (χ1v) is 6.06. The van der Waals surface area contributed by atoms with E-state index in [4.69, 9.17) is 19.3 Å². The summed E-state index contributed by atoms with van der Waals surface area (Å²) in [6.45, 7) is 0.986. The predicted octanol–water partition coefficient (Wildman–Crippen LogP) is 2.27. The van der Waals surface area contributed by atoms with Crippen molar-refractivity contribution in [2.45, 2.75) is 6.42 Å². The van der Waals surface area contributed by atoms with Crippen molar-refractivity contribution in [3.63, 3.8) is 0 Å². The van der Waals surface area contributed by atoms with Gasteiger partial charge in [-0.25, -0.2) is 4.79 Å². The SMILES string of the molecule is NCCCOc1c2occc2cc2ccc(=O)oc12. The van der Waals surface area contributed by atoms with E-state index in [0.29, 0.717) is 30.1 Å². The monoisotopic (exact) mass is 259 g/mol. The van der Waals surface area contributed by atoms with Gasteiger partial charge in [0, 0.05) is 16.8 Å². The van der Waals surface area contributed by atoms with E-state index >= 15 is 0 Å². The quantitative estimate of drug-likeness (QED) is 0.574. The van der Waals surface area contributed by atoms with Crippen LogP contribution in [0.3, 0.4) is 0 Å². The van der Waals surface area contributed by atoms with Crippen LogP contribution < -0.4 is 16.1 Å². The summed E-state index contributed by atoms with van der Waals surface area (Å²) in [5.74, 6) is 0.462. The topological polar surface area (TPSA) is 78.6 Å². The summed E-state index contributed by atoms with van der Waals surface area (Å²) in [5.41, 5.74) is 6.02. The van der Waals surface area contributed by atoms with Crippen LogP contribution >= 0.6 is 0 Å². The second-order valence-electron chi connectivity index (χ2n) is 4.21. The first kappa shape index (κ1) is 11.8. The molecule has 98 valence electrons. The van der Waals surface area contributed by atoms with E-state index in [1.54, 1.807) is 12.3 Å². The summed E-state index contributed by atoms with van der Waals surface area (Å²) in [6.07, 6.45) is 2.30. The number of fused-ring (bicyclic) bond motifs is 2. The van der Waals surface area contributed by atoms with Gasteiger partial charge in [-0.05, 0) is 31.2 Å². The van der Waals surface area contributed by atoms with Crippen LogP contribution in [0.15, 0.2) is 44.2 Å². The largest absolute Gasteiger partial charge is 0.486 e. The van der Waals surface area contributed by atoms with Gasteiger partial charge in [-0.15, -0.1) is 0 Å². The molecule has 0 aliphatic heterocycles. The van der Waals surface area contributed by atoms with Crippen LogP contribution in [-0.2, 0) is 0 Å². The highest BCUT2D eigenvalue weighted by Crippen LogP contribution is 2.34. The number of hydrogen-bond donors (Lipinski definition) is 1. The van der Waals surface area contributed by atoms with E-state index in [1.807, 2.05) is 12.1 Å². The second-order valence-corrected chi connectivity index (χ2v) is 4.21. The van der Waals surface area contributed by atoms with Crippen LogP contribution in [0.2, 0.25) is 0 Å². The maximum Gasteiger partial charge on any atom is 0.336 e. The number of nitrogens with two attached hydrogens (primary N) is 1. The van der Waals surface area contributed by atoms with E-state index in [2.05, 4.69) is 0 Å². The molecule has 2 heterocycles. The van der Waals surface area contributed by atoms with Gasteiger partial charge in [0.25, 0.3) is 0 Å². The lowest BCUT2D eigenvalue weighted by molar-refractivity contribution is 0.310. The predicted molar refractivity (Wildman–Crippen MR) is 71.4 cm³/mol. The molecule has 5 nitrogen and oxygen atoms in total. The molecular weight excluding hydrogens is 246 g/mol. The molecule has 0 spiro atoms. The van der Waals surface area contributed by atoms with E-state index in [1.165, 1.54) is 6.07 Å². The molecule has 0 fully saturated rings. The maximum atomic E-state index is 11.4. The summed E-state index contributed by atoms with van der Waals surface area (Å²) in [7, 11) is 0. The minimum atomic E-state index is -0.415. The Hall–Kier alpha value is -2.27. The lowest BCUT2D eigenvalue weighted by Gasteiger charge is -2.08. The fraction of sp³-hybridized carbons (Fsp3) is 0.214. The van der Waals surface area contributed by atoms with Crippen molar-refractivity contribution in [3.05, 3.63) is 40.9 Å². The Balaban J connectivity index is 2.23. The van der Waals surface area contributed by atoms with Gasteiger partial charge in [-0.1, -0.05) is 0 Å². The van der Waals surface area contributed by atoms with Gasteiger partial charge in [-0.2, -0.15) is 0 Å². The molecule has 0 saturated heterocycles. The van der Waals surface area contributed by atoms with Crippen LogP contribution in [0.1, 0.15) is 6.42 Å². The van der Waals surface area contributed by atoms with Crippen LogP contribution in [0, 0.1) is 0 Å². The Morgan fingerprint density at radius 3 is 2.84 bits per heavy atom. The summed E-state index contributed by atoms with van der Waals surface area (Å²) in [6, 6.07) is 6.84. The third-order valence-corrected chi connectivity index (χ3v) is 2.88. The second kappa shape index (κ2) is 4.78. The van der Waals surface area contributed by atoms with E-state index < -0.39 is 5.63 Å².